The number of alkyl halides is 3. The van der Waals surface area contributed by atoms with Crippen LogP contribution in [0, 0.1) is 17.8 Å². The highest BCUT2D eigenvalue weighted by Gasteiger charge is 2.65. The van der Waals surface area contributed by atoms with Crippen molar-refractivity contribution in [3.63, 3.8) is 0 Å². The van der Waals surface area contributed by atoms with Gasteiger partial charge in [0.1, 0.15) is 0 Å². The number of hydrogen-bond donors (Lipinski definition) is 2. The maximum atomic E-state index is 14.3. The van der Waals surface area contributed by atoms with Crippen LogP contribution in [0.25, 0.3) is 0 Å². The lowest BCUT2D eigenvalue weighted by Crippen LogP contribution is -2.63. The fourth-order valence-corrected chi connectivity index (χ4v) is 7.38. The number of carboxylic acid groups (broad SMARTS) is 1. The number of fused-ring (bicyclic) bond motifs is 1. The molecule has 1 amide bonds. The van der Waals surface area contributed by atoms with Crippen LogP contribution in [-0.2, 0) is 27.8 Å². The Labute approximate surface area is 251 Å². The summed E-state index contributed by atoms with van der Waals surface area (Å²) in [4.78, 5) is 41.1. The lowest BCUT2D eigenvalue weighted by molar-refractivity contribution is -0.160. The number of benzene rings is 1. The average molecular weight is 620 g/mol. The maximum absolute atomic E-state index is 14.3. The first-order valence-electron chi connectivity index (χ1n) is 14.6. The van der Waals surface area contributed by atoms with Gasteiger partial charge < -0.3 is 15.1 Å². The largest absolute Gasteiger partial charge is 0.481 e. The number of allylic oxidation sites excluding steroid dienone is 2. The SMILES string of the molecule is CC1C=CC(c2nn(C(=O)c3c(Cl)cccc3C3(C(F)(F)F)CC3)c3c2CCC(C(=O)N2CC(C)(O)C2)C3)CC1C(=O)O. The second-order valence-corrected chi connectivity index (χ2v) is 13.3. The van der Waals surface area contributed by atoms with Gasteiger partial charge in [-0.05, 0) is 62.1 Å². The summed E-state index contributed by atoms with van der Waals surface area (Å²) in [6.45, 7) is 3.86. The van der Waals surface area contributed by atoms with Crippen LogP contribution in [0.15, 0.2) is 30.4 Å². The third kappa shape index (κ3) is 4.98. The second-order valence-electron chi connectivity index (χ2n) is 12.9. The molecule has 1 saturated heterocycles. The Bertz CT molecular complexity index is 1540. The van der Waals surface area contributed by atoms with Crippen LogP contribution in [0.2, 0.25) is 5.02 Å². The van der Waals surface area contributed by atoms with Crippen molar-refractivity contribution in [1.82, 2.24) is 14.7 Å². The predicted molar refractivity (Wildman–Crippen MR) is 150 cm³/mol. The van der Waals surface area contributed by atoms with Gasteiger partial charge in [0.15, 0.2) is 0 Å². The summed E-state index contributed by atoms with van der Waals surface area (Å²) >= 11 is 6.45. The van der Waals surface area contributed by atoms with Gasteiger partial charge in [0, 0.05) is 18.3 Å². The minimum absolute atomic E-state index is 0.118. The third-order valence-corrected chi connectivity index (χ3v) is 10.0. The number of halogens is 4. The molecule has 2 aromatic rings. The summed E-state index contributed by atoms with van der Waals surface area (Å²) < 4.78 is 43.8. The molecule has 0 bridgehead atoms. The van der Waals surface area contributed by atoms with Gasteiger partial charge in [-0.2, -0.15) is 18.3 Å². The molecule has 8 nitrogen and oxygen atoms in total. The Morgan fingerprint density at radius 1 is 1.14 bits per heavy atom. The van der Waals surface area contributed by atoms with E-state index in [1.165, 1.54) is 18.2 Å². The number of amides is 1. The molecule has 4 atom stereocenters. The number of carbonyl (C=O) groups excluding carboxylic acids is 2. The number of aromatic nitrogens is 2. The fourth-order valence-electron chi connectivity index (χ4n) is 7.12. The number of carbonyl (C=O) groups is 3. The summed E-state index contributed by atoms with van der Waals surface area (Å²) in [5.41, 5.74) is -1.93. The number of nitrogens with zero attached hydrogens (tertiary/aromatic N) is 3. The molecule has 1 saturated carbocycles. The zero-order valence-corrected chi connectivity index (χ0v) is 24.6. The molecule has 6 rings (SSSR count). The number of hydrogen-bond acceptors (Lipinski definition) is 5. The van der Waals surface area contributed by atoms with E-state index in [2.05, 4.69) is 5.10 Å². The van der Waals surface area contributed by atoms with Crippen molar-refractivity contribution in [1.29, 1.82) is 0 Å². The minimum Gasteiger partial charge on any atom is -0.481 e. The molecule has 2 fully saturated rings. The van der Waals surface area contributed by atoms with E-state index in [1.807, 2.05) is 19.1 Å². The summed E-state index contributed by atoms with van der Waals surface area (Å²) in [7, 11) is 0. The smallest absolute Gasteiger partial charge is 0.398 e. The zero-order valence-electron chi connectivity index (χ0n) is 23.8. The van der Waals surface area contributed by atoms with Gasteiger partial charge in [0.05, 0.1) is 52.0 Å². The lowest BCUT2D eigenvalue weighted by atomic mass is 9.76. The minimum atomic E-state index is -4.58. The first-order chi connectivity index (χ1) is 20.1. The van der Waals surface area contributed by atoms with Gasteiger partial charge in [0.2, 0.25) is 5.91 Å². The zero-order chi connectivity index (χ0) is 31.1. The summed E-state index contributed by atoms with van der Waals surface area (Å²) in [5, 5.41) is 24.5. The van der Waals surface area contributed by atoms with Gasteiger partial charge in [-0.1, -0.05) is 42.8 Å². The van der Waals surface area contributed by atoms with E-state index in [4.69, 9.17) is 11.6 Å². The molecule has 4 unspecified atom stereocenters. The third-order valence-electron chi connectivity index (χ3n) is 9.71. The summed E-state index contributed by atoms with van der Waals surface area (Å²) in [5.74, 6) is -3.71. The summed E-state index contributed by atoms with van der Waals surface area (Å²) in [6, 6.07) is 4.08. The van der Waals surface area contributed by atoms with Crippen molar-refractivity contribution in [3.05, 3.63) is 63.5 Å². The standard InChI is InChI=1S/C31H33ClF3N3O5/c1-16-6-7-17(12-20(16)28(41)42)25-19-9-8-18(26(39)37-14-29(2,43)15-37)13-23(19)38(36-25)27(40)24-21(4-3-5-22(24)32)30(10-11-30)31(33,34)35/h3-7,16-18,20,43H,8-15H2,1-2H3,(H,41,42). The molecule has 12 heteroatoms. The van der Waals surface area contributed by atoms with E-state index in [0.717, 1.165) is 4.68 Å². The molecule has 230 valence electrons. The number of aliphatic carboxylic acids is 1. The van der Waals surface area contributed by atoms with Crippen molar-refractivity contribution in [3.8, 4) is 0 Å². The Morgan fingerprint density at radius 2 is 1.84 bits per heavy atom. The number of β-amino-alcohol motifs (C(OH)–C–C–N with tert-alkyl or cyclic N) is 1. The fraction of sp³-hybridized carbons (Fsp3) is 0.548. The van der Waals surface area contributed by atoms with Crippen LogP contribution in [0.4, 0.5) is 13.2 Å². The number of rotatable bonds is 5. The van der Waals surface area contributed by atoms with Crippen LogP contribution in [0.3, 0.4) is 0 Å². The molecule has 0 spiro atoms. The van der Waals surface area contributed by atoms with Crippen molar-refractivity contribution < 1.29 is 37.8 Å². The van der Waals surface area contributed by atoms with Gasteiger partial charge in [0.25, 0.3) is 5.91 Å². The molecule has 4 aliphatic rings. The van der Waals surface area contributed by atoms with Crippen LogP contribution in [0.5, 0.6) is 0 Å². The molecule has 2 heterocycles. The first-order valence-corrected chi connectivity index (χ1v) is 14.9. The lowest BCUT2D eigenvalue weighted by Gasteiger charge is -2.45. The molecule has 1 aliphatic heterocycles. The molecule has 2 N–H and O–H groups in total. The van der Waals surface area contributed by atoms with Crippen molar-refractivity contribution in [2.24, 2.45) is 17.8 Å². The average Bonchev–Trinajstić information content (AvgIpc) is 3.67. The molecule has 3 aliphatic carbocycles. The number of aliphatic hydroxyl groups is 1. The van der Waals surface area contributed by atoms with E-state index in [-0.39, 0.29) is 66.7 Å². The van der Waals surface area contributed by atoms with Crippen molar-refractivity contribution in [2.45, 2.75) is 75.5 Å². The Hall–Kier alpha value is -3.18. The van der Waals surface area contributed by atoms with E-state index in [9.17, 15) is 37.8 Å². The van der Waals surface area contributed by atoms with E-state index < -0.39 is 46.8 Å². The quantitative estimate of drug-likeness (QED) is 0.461. The van der Waals surface area contributed by atoms with E-state index in [1.54, 1.807) is 11.8 Å². The number of likely N-dealkylation sites (tertiary alicyclic amines) is 1. The first kappa shape index (κ1) is 29.9. The molecule has 0 radical (unpaired) electrons. The number of carboxylic acids is 1. The van der Waals surface area contributed by atoms with Gasteiger partial charge in [-0.15, -0.1) is 0 Å². The summed E-state index contributed by atoms with van der Waals surface area (Å²) in [6.07, 6.45) is 0.0399. The molecule has 1 aromatic carbocycles. The Morgan fingerprint density at radius 3 is 2.44 bits per heavy atom. The van der Waals surface area contributed by atoms with Crippen LogP contribution in [0.1, 0.15) is 78.3 Å². The van der Waals surface area contributed by atoms with Crippen LogP contribution >= 0.6 is 11.6 Å². The predicted octanol–water partition coefficient (Wildman–Crippen LogP) is 4.90. The highest BCUT2D eigenvalue weighted by molar-refractivity contribution is 6.34. The van der Waals surface area contributed by atoms with Crippen molar-refractivity contribution >= 4 is 29.4 Å². The van der Waals surface area contributed by atoms with Crippen LogP contribution in [-0.4, -0.2) is 67.5 Å². The highest BCUT2D eigenvalue weighted by atomic mass is 35.5. The molecular weight excluding hydrogens is 587 g/mol. The second kappa shape index (κ2) is 10.2. The van der Waals surface area contributed by atoms with Gasteiger partial charge >= 0.3 is 12.1 Å². The molecular formula is C31H33ClF3N3O5. The Kier molecular flexibility index (Phi) is 7.08. The monoisotopic (exact) mass is 619 g/mol. The van der Waals surface area contributed by atoms with Gasteiger partial charge in [-0.25, -0.2) is 4.68 Å². The molecule has 1 aromatic heterocycles. The van der Waals surface area contributed by atoms with Crippen LogP contribution < -0.4 is 0 Å². The topological polar surface area (TPSA) is 113 Å². The van der Waals surface area contributed by atoms with E-state index in [0.29, 0.717) is 29.8 Å². The van der Waals surface area contributed by atoms with Gasteiger partial charge in [-0.3, -0.25) is 14.4 Å². The normalized spacial score (nSPS) is 27.3. The molecule has 43 heavy (non-hydrogen) atoms. The van der Waals surface area contributed by atoms with E-state index >= 15 is 0 Å². The highest BCUT2D eigenvalue weighted by Crippen LogP contribution is 2.60. The Balaban J connectivity index is 1.43. The maximum Gasteiger partial charge on any atom is 0.398 e. The van der Waals surface area contributed by atoms with Crippen molar-refractivity contribution in [2.75, 3.05) is 13.1 Å².